The lowest BCUT2D eigenvalue weighted by molar-refractivity contribution is -0.129. The van der Waals surface area contributed by atoms with Crippen LogP contribution in [0.25, 0.3) is 0 Å². The first-order valence-electron chi connectivity index (χ1n) is 10.6. The minimum atomic E-state index is -0.850. The molecule has 4 rings (SSSR count). The predicted octanol–water partition coefficient (Wildman–Crippen LogP) is 3.20. The first-order valence-corrected chi connectivity index (χ1v) is 11.5. The van der Waals surface area contributed by atoms with E-state index in [1.807, 2.05) is 0 Å². The van der Waals surface area contributed by atoms with Crippen molar-refractivity contribution in [1.82, 2.24) is 14.8 Å². The van der Waals surface area contributed by atoms with Crippen molar-refractivity contribution in [3.8, 4) is 0 Å². The van der Waals surface area contributed by atoms with Crippen LogP contribution in [-0.2, 0) is 9.53 Å². The van der Waals surface area contributed by atoms with Crippen molar-refractivity contribution in [3.05, 3.63) is 62.6 Å². The van der Waals surface area contributed by atoms with Crippen molar-refractivity contribution in [2.45, 2.75) is 26.3 Å². The van der Waals surface area contributed by atoms with E-state index in [1.54, 1.807) is 26.0 Å². The fourth-order valence-electron chi connectivity index (χ4n) is 4.29. The number of hydrogen-bond acceptors (Lipinski definition) is 7. The molecule has 1 saturated heterocycles. The smallest absolute Gasteiger partial charge is 0.290 e. The van der Waals surface area contributed by atoms with Gasteiger partial charge >= 0.3 is 0 Å². The number of carbonyl (C=O) groups is 2. The molecule has 9 heteroatoms. The molecule has 1 fully saturated rings. The molecule has 1 aromatic carbocycles. The van der Waals surface area contributed by atoms with Crippen molar-refractivity contribution >= 4 is 23.0 Å². The molecule has 1 N–H and O–H groups in total. The van der Waals surface area contributed by atoms with Gasteiger partial charge in [-0.1, -0.05) is 12.1 Å². The highest BCUT2D eigenvalue weighted by Gasteiger charge is 2.44. The van der Waals surface area contributed by atoms with E-state index in [1.165, 1.54) is 28.4 Å². The number of rotatable bonds is 7. The number of benzene rings is 1. The number of ketones is 1. The molecule has 0 spiro atoms. The number of amides is 1. The first kappa shape index (κ1) is 22.6. The van der Waals surface area contributed by atoms with Crippen LogP contribution < -0.4 is 0 Å². The summed E-state index contributed by atoms with van der Waals surface area (Å²) >= 11 is 1.22. The van der Waals surface area contributed by atoms with Crippen LogP contribution in [0.3, 0.4) is 0 Å². The number of halogens is 1. The summed E-state index contributed by atoms with van der Waals surface area (Å²) in [5.74, 6) is -2.08. The van der Waals surface area contributed by atoms with Crippen LogP contribution in [0.5, 0.6) is 0 Å². The third-order valence-corrected chi connectivity index (χ3v) is 6.87. The fraction of sp³-hybridized carbons (Fsp3) is 0.435. The molecule has 0 radical (unpaired) electrons. The van der Waals surface area contributed by atoms with Gasteiger partial charge in [-0.3, -0.25) is 14.5 Å². The maximum atomic E-state index is 14.1. The van der Waals surface area contributed by atoms with Crippen LogP contribution in [0, 0.1) is 19.7 Å². The van der Waals surface area contributed by atoms with Gasteiger partial charge in [-0.05, 0) is 38.0 Å². The predicted molar refractivity (Wildman–Crippen MR) is 118 cm³/mol. The highest BCUT2D eigenvalue weighted by molar-refractivity contribution is 7.14. The molecule has 0 saturated carbocycles. The number of aliphatic hydroxyl groups is 1. The molecular weight excluding hydrogens is 433 g/mol. The third-order valence-electron chi connectivity index (χ3n) is 5.80. The second-order valence-electron chi connectivity index (χ2n) is 8.00. The normalized spacial score (nSPS) is 19.8. The number of thiazole rings is 1. The number of ether oxygens (including phenoxy) is 1. The van der Waals surface area contributed by atoms with Crippen molar-refractivity contribution in [3.63, 3.8) is 0 Å². The van der Waals surface area contributed by atoms with Gasteiger partial charge in [0, 0.05) is 26.2 Å². The zero-order valence-electron chi connectivity index (χ0n) is 18.1. The zero-order valence-corrected chi connectivity index (χ0v) is 19.0. The fourth-order valence-corrected chi connectivity index (χ4v) is 5.17. The van der Waals surface area contributed by atoms with E-state index in [0.717, 1.165) is 24.6 Å². The number of carbonyl (C=O) groups excluding carboxylic acids is 2. The molecular formula is C23H26FN3O4S. The summed E-state index contributed by atoms with van der Waals surface area (Å²) in [6.45, 7) is 7.65. The summed E-state index contributed by atoms with van der Waals surface area (Å²) in [6.07, 6.45) is 0.658. The van der Waals surface area contributed by atoms with E-state index in [0.29, 0.717) is 42.3 Å². The van der Waals surface area contributed by atoms with Gasteiger partial charge in [0.05, 0.1) is 40.4 Å². The first-order chi connectivity index (χ1) is 15.4. The Labute approximate surface area is 190 Å². The average Bonchev–Trinajstić information content (AvgIpc) is 3.24. The van der Waals surface area contributed by atoms with Crippen molar-refractivity contribution in [2.75, 3.05) is 39.4 Å². The van der Waals surface area contributed by atoms with Crippen LogP contribution in [0.15, 0.2) is 35.6 Å². The summed E-state index contributed by atoms with van der Waals surface area (Å²) in [5.41, 5.74) is 0.990. The molecule has 7 nitrogen and oxygen atoms in total. The molecule has 2 aromatic rings. The van der Waals surface area contributed by atoms with Crippen molar-refractivity contribution in [1.29, 1.82) is 0 Å². The average molecular weight is 460 g/mol. The van der Waals surface area contributed by atoms with Gasteiger partial charge in [-0.2, -0.15) is 0 Å². The number of Topliss-reactive ketones (excluding diaryl/α,β-unsaturated/α-hetero) is 1. The maximum Gasteiger partial charge on any atom is 0.290 e. The monoisotopic (exact) mass is 459 g/mol. The van der Waals surface area contributed by atoms with Crippen LogP contribution in [0.1, 0.15) is 38.4 Å². The molecule has 2 aliphatic heterocycles. The van der Waals surface area contributed by atoms with Crippen molar-refractivity contribution < 1.29 is 23.8 Å². The second kappa shape index (κ2) is 9.48. The molecule has 2 aliphatic rings. The summed E-state index contributed by atoms with van der Waals surface area (Å²) in [4.78, 5) is 34.9. The standard InChI is InChI=1S/C23H26FN3O4S/c1-14-22(32-15(2)25-14)20(28)18-19(16-5-3-6-17(24)13-16)27(23(30)21(18)29)8-4-7-26-9-11-31-12-10-26/h3,5-6,13,19,29H,4,7-12H2,1-2H3/t19-/m1/s1. The van der Waals surface area contributed by atoms with Crippen molar-refractivity contribution in [2.24, 2.45) is 0 Å². The summed E-state index contributed by atoms with van der Waals surface area (Å²) in [6, 6.07) is 4.99. The zero-order chi connectivity index (χ0) is 22.8. The molecule has 1 amide bonds. The highest BCUT2D eigenvalue weighted by atomic mass is 32.1. The van der Waals surface area contributed by atoms with Crippen LogP contribution in [0.4, 0.5) is 4.39 Å². The quantitative estimate of drug-likeness (QED) is 0.641. The number of aryl methyl sites for hydroxylation is 2. The number of morpholine rings is 1. The van der Waals surface area contributed by atoms with Gasteiger partial charge in [0.1, 0.15) is 5.82 Å². The Bertz CT molecular complexity index is 1060. The van der Waals surface area contributed by atoms with Gasteiger partial charge in [-0.15, -0.1) is 11.3 Å². The maximum absolute atomic E-state index is 14.1. The van der Waals surface area contributed by atoms with E-state index < -0.39 is 29.3 Å². The van der Waals surface area contributed by atoms with Gasteiger partial charge in [0.25, 0.3) is 5.91 Å². The Morgan fingerprint density at radius 1 is 1.28 bits per heavy atom. The van der Waals surface area contributed by atoms with Crippen LogP contribution >= 0.6 is 11.3 Å². The van der Waals surface area contributed by atoms with Crippen LogP contribution in [-0.4, -0.2) is 71.0 Å². The molecule has 0 aliphatic carbocycles. The SMILES string of the molecule is Cc1nc(C)c(C(=O)C2=C(O)C(=O)N(CCCN3CCOCC3)[C@@H]2c2cccc(F)c2)s1. The Hall–Kier alpha value is -2.62. The summed E-state index contributed by atoms with van der Waals surface area (Å²) in [7, 11) is 0. The van der Waals surface area contributed by atoms with E-state index >= 15 is 0 Å². The molecule has 3 heterocycles. The minimum absolute atomic E-state index is 0.0151. The van der Waals surface area contributed by atoms with Gasteiger partial charge in [0.15, 0.2) is 5.76 Å². The Kier molecular flexibility index (Phi) is 6.68. The number of aromatic nitrogens is 1. The highest BCUT2D eigenvalue weighted by Crippen LogP contribution is 2.40. The van der Waals surface area contributed by atoms with Gasteiger partial charge in [0.2, 0.25) is 5.78 Å². The van der Waals surface area contributed by atoms with E-state index in [9.17, 15) is 19.1 Å². The second-order valence-corrected chi connectivity index (χ2v) is 9.21. The van der Waals surface area contributed by atoms with Crippen LogP contribution in [0.2, 0.25) is 0 Å². The van der Waals surface area contributed by atoms with Gasteiger partial charge < -0.3 is 14.7 Å². The van der Waals surface area contributed by atoms with E-state index in [-0.39, 0.29) is 5.57 Å². The summed E-state index contributed by atoms with van der Waals surface area (Å²) in [5, 5.41) is 11.5. The molecule has 1 atom stereocenters. The van der Waals surface area contributed by atoms with E-state index in [2.05, 4.69) is 9.88 Å². The third kappa shape index (κ3) is 4.46. The Morgan fingerprint density at radius 3 is 2.69 bits per heavy atom. The van der Waals surface area contributed by atoms with E-state index in [4.69, 9.17) is 4.74 Å². The molecule has 1 aromatic heterocycles. The minimum Gasteiger partial charge on any atom is -0.503 e. The van der Waals surface area contributed by atoms with Gasteiger partial charge in [-0.25, -0.2) is 9.37 Å². The largest absolute Gasteiger partial charge is 0.503 e. The lowest BCUT2D eigenvalue weighted by atomic mass is 9.95. The lowest BCUT2D eigenvalue weighted by Crippen LogP contribution is -2.39. The topological polar surface area (TPSA) is 83.0 Å². The number of aliphatic hydroxyl groups excluding tert-OH is 1. The number of hydrogen-bond donors (Lipinski definition) is 1. The lowest BCUT2D eigenvalue weighted by Gasteiger charge is -2.30. The Balaban J connectivity index is 1.64. The molecule has 0 bridgehead atoms. The molecule has 32 heavy (non-hydrogen) atoms. The Morgan fingerprint density at radius 2 is 2.03 bits per heavy atom. The molecule has 0 unspecified atom stereocenters. The molecule has 170 valence electrons. The summed E-state index contributed by atoms with van der Waals surface area (Å²) < 4.78 is 19.4. The number of nitrogens with zero attached hydrogens (tertiary/aromatic N) is 3.